The van der Waals surface area contributed by atoms with Gasteiger partial charge >= 0.3 is 0 Å². The van der Waals surface area contributed by atoms with E-state index in [9.17, 15) is 4.79 Å². The molecule has 0 aromatic rings. The largest absolute Gasteiger partial charge is 0.499 e. The lowest BCUT2D eigenvalue weighted by molar-refractivity contribution is -0.124. The van der Waals surface area contributed by atoms with Crippen molar-refractivity contribution in [3.05, 3.63) is 53.1 Å². The normalized spacial score (nSPS) is 17.4. The zero-order valence-corrected chi connectivity index (χ0v) is 10.1. The number of carbonyl (C=O) groups excluding carboxylic acids is 1. The summed E-state index contributed by atoms with van der Waals surface area (Å²) in [6.45, 7) is 0. The van der Waals surface area contributed by atoms with E-state index in [1.807, 2.05) is 6.08 Å². The third-order valence-corrected chi connectivity index (χ3v) is 2.89. The molecule has 0 aromatic carbocycles. The summed E-state index contributed by atoms with van der Waals surface area (Å²) in [4.78, 5) is 13.8. The van der Waals surface area contributed by atoms with Crippen LogP contribution in [-0.2, 0) is 9.53 Å². The molecular formula is C14H15NO2. The standard InChI is InChI=1S/C14H15NO2/c1-15(14(16)11-7-3-4-8-11)12-9-5-6-10-13(12)17-2/h3-7H,9-10H2,1-2H3. The first-order valence-corrected chi connectivity index (χ1v) is 5.56. The van der Waals surface area contributed by atoms with Gasteiger partial charge in [0.15, 0.2) is 0 Å². The molecule has 0 radical (unpaired) electrons. The molecule has 0 atom stereocenters. The van der Waals surface area contributed by atoms with Gasteiger partial charge in [0, 0.05) is 19.9 Å². The SMILES string of the molecule is COC1=C(N(C)C(=O)C2=C=CC=C2)CC=CC1. The molecule has 3 nitrogen and oxygen atoms in total. The summed E-state index contributed by atoms with van der Waals surface area (Å²) >= 11 is 0. The highest BCUT2D eigenvalue weighted by atomic mass is 16.5. The van der Waals surface area contributed by atoms with Crippen molar-refractivity contribution in [2.24, 2.45) is 0 Å². The van der Waals surface area contributed by atoms with Gasteiger partial charge in [0.05, 0.1) is 18.4 Å². The fourth-order valence-electron chi connectivity index (χ4n) is 1.91. The molecule has 3 heteroatoms. The fraction of sp³-hybridized carbons (Fsp3) is 0.286. The van der Waals surface area contributed by atoms with Crippen molar-refractivity contribution < 1.29 is 9.53 Å². The Morgan fingerprint density at radius 3 is 2.82 bits per heavy atom. The quantitative estimate of drug-likeness (QED) is 0.549. The Hall–Kier alpha value is -1.99. The molecule has 2 aliphatic rings. The Bertz CT molecular complexity index is 488. The van der Waals surface area contributed by atoms with Gasteiger partial charge in [-0.2, -0.15) is 0 Å². The minimum Gasteiger partial charge on any atom is -0.499 e. The summed E-state index contributed by atoms with van der Waals surface area (Å²) in [5.74, 6) is 0.810. The van der Waals surface area contributed by atoms with E-state index < -0.39 is 0 Å². The van der Waals surface area contributed by atoms with E-state index in [0.717, 1.165) is 24.3 Å². The van der Waals surface area contributed by atoms with Crippen LogP contribution in [0, 0.1) is 0 Å². The number of ether oxygens (including phenoxy) is 1. The van der Waals surface area contributed by atoms with Crippen LogP contribution in [0.15, 0.2) is 53.1 Å². The molecule has 0 fully saturated rings. The predicted molar refractivity (Wildman–Crippen MR) is 65.9 cm³/mol. The fourth-order valence-corrected chi connectivity index (χ4v) is 1.91. The topological polar surface area (TPSA) is 29.5 Å². The lowest BCUT2D eigenvalue weighted by Crippen LogP contribution is -2.28. The number of hydrogen-bond donors (Lipinski definition) is 0. The summed E-state index contributed by atoms with van der Waals surface area (Å²) in [6, 6.07) is 0. The molecule has 17 heavy (non-hydrogen) atoms. The summed E-state index contributed by atoms with van der Waals surface area (Å²) in [5, 5.41) is 0. The van der Waals surface area contributed by atoms with E-state index in [1.165, 1.54) is 0 Å². The van der Waals surface area contributed by atoms with E-state index in [-0.39, 0.29) is 5.91 Å². The van der Waals surface area contributed by atoms with Gasteiger partial charge < -0.3 is 9.64 Å². The van der Waals surface area contributed by atoms with Gasteiger partial charge in [0.1, 0.15) is 5.76 Å². The number of carbonyl (C=O) groups is 1. The van der Waals surface area contributed by atoms with Gasteiger partial charge in [-0.15, -0.1) is 5.73 Å². The monoisotopic (exact) mass is 229 g/mol. The van der Waals surface area contributed by atoms with Crippen molar-refractivity contribution >= 4 is 5.91 Å². The van der Waals surface area contributed by atoms with Crippen molar-refractivity contribution in [3.63, 3.8) is 0 Å². The molecule has 2 aliphatic carbocycles. The summed E-state index contributed by atoms with van der Waals surface area (Å²) in [5.41, 5.74) is 4.43. The summed E-state index contributed by atoms with van der Waals surface area (Å²) < 4.78 is 5.32. The smallest absolute Gasteiger partial charge is 0.265 e. The van der Waals surface area contributed by atoms with Gasteiger partial charge in [-0.1, -0.05) is 18.2 Å². The third-order valence-electron chi connectivity index (χ3n) is 2.89. The van der Waals surface area contributed by atoms with Crippen LogP contribution < -0.4 is 0 Å². The van der Waals surface area contributed by atoms with Gasteiger partial charge in [0.25, 0.3) is 5.91 Å². The molecule has 2 rings (SSSR count). The minimum absolute atomic E-state index is 0.0464. The van der Waals surface area contributed by atoms with E-state index in [1.54, 1.807) is 31.2 Å². The number of hydrogen-bond acceptors (Lipinski definition) is 2. The zero-order valence-electron chi connectivity index (χ0n) is 10.1. The molecule has 0 unspecified atom stereocenters. The van der Waals surface area contributed by atoms with Crippen molar-refractivity contribution in [1.82, 2.24) is 4.90 Å². The lowest BCUT2D eigenvalue weighted by Gasteiger charge is -2.24. The first-order chi connectivity index (χ1) is 8.24. The van der Waals surface area contributed by atoms with Crippen LogP contribution in [0.1, 0.15) is 12.8 Å². The maximum atomic E-state index is 12.1. The maximum absolute atomic E-state index is 12.1. The second kappa shape index (κ2) is 4.89. The molecule has 0 bridgehead atoms. The van der Waals surface area contributed by atoms with Crippen LogP contribution in [0.5, 0.6) is 0 Å². The van der Waals surface area contributed by atoms with Crippen LogP contribution >= 0.6 is 0 Å². The molecule has 0 aliphatic heterocycles. The van der Waals surface area contributed by atoms with Crippen LogP contribution in [0.25, 0.3) is 0 Å². The van der Waals surface area contributed by atoms with E-state index in [0.29, 0.717) is 5.57 Å². The van der Waals surface area contributed by atoms with Gasteiger partial charge in [-0.3, -0.25) is 4.79 Å². The van der Waals surface area contributed by atoms with Gasteiger partial charge in [0.2, 0.25) is 0 Å². The van der Waals surface area contributed by atoms with Crippen LogP contribution in [0.3, 0.4) is 0 Å². The van der Waals surface area contributed by atoms with Crippen LogP contribution in [0.2, 0.25) is 0 Å². The number of allylic oxidation sites excluding steroid dienone is 3. The number of methoxy groups -OCH3 is 1. The number of nitrogens with zero attached hydrogens (tertiary/aromatic N) is 1. The Labute approximate surface area is 101 Å². The molecule has 88 valence electrons. The molecule has 0 saturated heterocycles. The average molecular weight is 229 g/mol. The van der Waals surface area contributed by atoms with E-state index in [2.05, 4.69) is 17.9 Å². The molecular weight excluding hydrogens is 214 g/mol. The summed E-state index contributed by atoms with van der Waals surface area (Å²) in [6.07, 6.45) is 10.9. The average Bonchev–Trinajstić information content (AvgIpc) is 2.90. The van der Waals surface area contributed by atoms with Crippen molar-refractivity contribution in [3.8, 4) is 0 Å². The van der Waals surface area contributed by atoms with Gasteiger partial charge in [-0.05, 0) is 12.2 Å². The first kappa shape index (κ1) is 11.5. The number of likely N-dealkylation sites (N-methyl/N-ethyl adjacent to an activating group) is 1. The number of amides is 1. The first-order valence-electron chi connectivity index (χ1n) is 5.56. The highest BCUT2D eigenvalue weighted by Crippen LogP contribution is 2.23. The predicted octanol–water partition coefficient (Wildman–Crippen LogP) is 2.30. The molecule has 1 amide bonds. The Morgan fingerprint density at radius 1 is 1.41 bits per heavy atom. The van der Waals surface area contributed by atoms with E-state index in [4.69, 9.17) is 4.74 Å². The minimum atomic E-state index is -0.0464. The van der Waals surface area contributed by atoms with Crippen LogP contribution in [-0.4, -0.2) is 25.0 Å². The van der Waals surface area contributed by atoms with E-state index >= 15 is 0 Å². The maximum Gasteiger partial charge on any atom is 0.265 e. The van der Waals surface area contributed by atoms with Crippen molar-refractivity contribution in [1.29, 1.82) is 0 Å². The van der Waals surface area contributed by atoms with Gasteiger partial charge in [-0.25, -0.2) is 0 Å². The second-order valence-electron chi connectivity index (χ2n) is 3.90. The highest BCUT2D eigenvalue weighted by Gasteiger charge is 2.21. The molecule has 0 heterocycles. The Balaban J connectivity index is 2.22. The zero-order chi connectivity index (χ0) is 12.3. The second-order valence-corrected chi connectivity index (χ2v) is 3.90. The Kier molecular flexibility index (Phi) is 3.31. The Morgan fingerprint density at radius 2 is 2.18 bits per heavy atom. The van der Waals surface area contributed by atoms with Crippen LogP contribution in [0.4, 0.5) is 0 Å². The number of rotatable bonds is 3. The highest BCUT2D eigenvalue weighted by molar-refractivity contribution is 5.97. The van der Waals surface area contributed by atoms with Crippen molar-refractivity contribution in [2.75, 3.05) is 14.2 Å². The molecule has 0 aromatic heterocycles. The van der Waals surface area contributed by atoms with Crippen molar-refractivity contribution in [2.45, 2.75) is 12.8 Å². The summed E-state index contributed by atoms with van der Waals surface area (Å²) in [7, 11) is 3.41. The molecule has 0 spiro atoms. The lowest BCUT2D eigenvalue weighted by atomic mass is 10.1. The third kappa shape index (κ3) is 2.24. The molecule has 0 N–H and O–H groups in total. The molecule has 0 saturated carbocycles.